The quantitative estimate of drug-likeness (QED) is 0.437. The van der Waals surface area contributed by atoms with Gasteiger partial charge >= 0.3 is 0 Å². The van der Waals surface area contributed by atoms with E-state index in [-0.39, 0.29) is 11.7 Å². The molecule has 5 heteroatoms. The molecule has 1 N–H and O–H groups in total. The SMILES string of the molecule is O=C(CSc1cn(Cc2ccc(F)cc2)c2ccccc12)Nc1ccccc1. The molecule has 0 aliphatic rings. The van der Waals surface area contributed by atoms with E-state index < -0.39 is 0 Å². The molecule has 3 aromatic carbocycles. The number of amides is 1. The lowest BCUT2D eigenvalue weighted by Gasteiger charge is -2.05. The van der Waals surface area contributed by atoms with Crippen LogP contribution in [0.25, 0.3) is 10.9 Å². The minimum atomic E-state index is -0.234. The molecule has 0 aliphatic carbocycles. The highest BCUT2D eigenvalue weighted by Crippen LogP contribution is 2.30. The lowest BCUT2D eigenvalue weighted by atomic mass is 10.2. The largest absolute Gasteiger partial charge is 0.342 e. The number of halogens is 1. The van der Waals surface area contributed by atoms with Crippen LogP contribution < -0.4 is 5.32 Å². The summed E-state index contributed by atoms with van der Waals surface area (Å²) >= 11 is 1.52. The van der Waals surface area contributed by atoms with Crippen LogP contribution in [0.4, 0.5) is 10.1 Å². The standard InChI is InChI=1S/C23H19FN2OS/c24-18-12-10-17(11-13-18)14-26-15-22(20-8-4-5-9-21(20)26)28-16-23(27)25-19-6-2-1-3-7-19/h1-13,15H,14,16H2,(H,25,27). The van der Waals surface area contributed by atoms with Gasteiger partial charge in [-0.15, -0.1) is 11.8 Å². The molecule has 4 aromatic rings. The zero-order valence-corrected chi connectivity index (χ0v) is 16.0. The van der Waals surface area contributed by atoms with E-state index in [0.29, 0.717) is 12.3 Å². The summed E-state index contributed by atoms with van der Waals surface area (Å²) in [5, 5.41) is 4.02. The van der Waals surface area contributed by atoms with E-state index >= 15 is 0 Å². The van der Waals surface area contributed by atoms with E-state index in [1.165, 1.54) is 23.9 Å². The summed E-state index contributed by atoms with van der Waals surface area (Å²) in [6.45, 7) is 0.650. The number of carbonyl (C=O) groups excluding carboxylic acids is 1. The minimum absolute atomic E-state index is 0.0356. The molecule has 0 atom stereocenters. The Kier molecular flexibility index (Phi) is 5.44. The summed E-state index contributed by atoms with van der Waals surface area (Å²) in [5.41, 5.74) is 2.92. The molecule has 4 rings (SSSR count). The Balaban J connectivity index is 1.51. The predicted octanol–water partition coefficient (Wildman–Crippen LogP) is 5.56. The maximum absolute atomic E-state index is 13.2. The molecule has 0 aliphatic heterocycles. The molecule has 0 unspecified atom stereocenters. The molecule has 1 aromatic heterocycles. The summed E-state index contributed by atoms with van der Waals surface area (Å²) in [4.78, 5) is 13.3. The van der Waals surface area contributed by atoms with Gasteiger partial charge in [-0.1, -0.05) is 48.5 Å². The Morgan fingerprint density at radius 1 is 0.929 bits per heavy atom. The number of carbonyl (C=O) groups is 1. The van der Waals surface area contributed by atoms with Crippen molar-refractivity contribution < 1.29 is 9.18 Å². The van der Waals surface area contributed by atoms with Gasteiger partial charge in [0.25, 0.3) is 0 Å². The number of hydrogen-bond acceptors (Lipinski definition) is 2. The topological polar surface area (TPSA) is 34.0 Å². The van der Waals surface area contributed by atoms with E-state index in [1.807, 2.05) is 42.5 Å². The fourth-order valence-corrected chi connectivity index (χ4v) is 4.00. The van der Waals surface area contributed by atoms with E-state index in [0.717, 1.165) is 27.0 Å². The van der Waals surface area contributed by atoms with E-state index in [4.69, 9.17) is 0 Å². The minimum Gasteiger partial charge on any atom is -0.342 e. The van der Waals surface area contributed by atoms with Crippen molar-refractivity contribution in [2.45, 2.75) is 11.4 Å². The molecule has 1 heterocycles. The van der Waals surface area contributed by atoms with Crippen molar-refractivity contribution in [3.05, 3.63) is 96.4 Å². The van der Waals surface area contributed by atoms with Gasteiger partial charge in [-0.2, -0.15) is 0 Å². The van der Waals surface area contributed by atoms with Gasteiger partial charge in [0.2, 0.25) is 5.91 Å². The zero-order chi connectivity index (χ0) is 19.3. The first-order valence-corrected chi connectivity index (χ1v) is 9.97. The van der Waals surface area contributed by atoms with Crippen molar-refractivity contribution in [2.75, 3.05) is 11.1 Å². The second-order valence-electron chi connectivity index (χ2n) is 6.47. The van der Waals surface area contributed by atoms with Gasteiger partial charge in [-0.05, 0) is 35.9 Å². The third-order valence-corrected chi connectivity index (χ3v) is 5.48. The molecule has 0 saturated carbocycles. The van der Waals surface area contributed by atoms with Crippen LogP contribution in [0.3, 0.4) is 0 Å². The van der Waals surface area contributed by atoms with Crippen LogP contribution in [0.5, 0.6) is 0 Å². The summed E-state index contributed by atoms with van der Waals surface area (Å²) in [6.07, 6.45) is 2.06. The van der Waals surface area contributed by atoms with Crippen LogP contribution in [-0.4, -0.2) is 16.2 Å². The Morgan fingerprint density at radius 2 is 1.64 bits per heavy atom. The fraction of sp³-hybridized carbons (Fsp3) is 0.0870. The Bertz CT molecular complexity index is 1090. The average molecular weight is 390 g/mol. The number of rotatable bonds is 6. The molecule has 0 saturated heterocycles. The molecule has 0 radical (unpaired) electrons. The number of nitrogens with one attached hydrogen (secondary N) is 1. The van der Waals surface area contributed by atoms with E-state index in [9.17, 15) is 9.18 Å². The molecule has 0 spiro atoms. The van der Waals surface area contributed by atoms with Crippen LogP contribution >= 0.6 is 11.8 Å². The fourth-order valence-electron chi connectivity index (χ4n) is 3.11. The number of thioether (sulfide) groups is 1. The summed E-state index contributed by atoms with van der Waals surface area (Å²) in [6, 6.07) is 24.1. The Morgan fingerprint density at radius 3 is 2.43 bits per heavy atom. The lowest BCUT2D eigenvalue weighted by molar-refractivity contribution is -0.113. The van der Waals surface area contributed by atoms with Crippen LogP contribution in [-0.2, 0) is 11.3 Å². The molecule has 0 fully saturated rings. The van der Waals surface area contributed by atoms with Crippen molar-refractivity contribution in [3.63, 3.8) is 0 Å². The highest BCUT2D eigenvalue weighted by Gasteiger charge is 2.11. The third kappa shape index (κ3) is 4.26. The van der Waals surface area contributed by atoms with Crippen molar-refractivity contribution in [1.82, 2.24) is 4.57 Å². The maximum Gasteiger partial charge on any atom is 0.234 e. The zero-order valence-electron chi connectivity index (χ0n) is 15.1. The number of nitrogens with zero attached hydrogens (tertiary/aromatic N) is 1. The second kappa shape index (κ2) is 8.31. The van der Waals surface area contributed by atoms with Crippen LogP contribution in [0, 0.1) is 5.82 Å². The highest BCUT2D eigenvalue weighted by atomic mass is 32.2. The van der Waals surface area contributed by atoms with Gasteiger partial charge in [-0.3, -0.25) is 4.79 Å². The van der Waals surface area contributed by atoms with Gasteiger partial charge in [0, 0.05) is 34.2 Å². The van der Waals surface area contributed by atoms with Gasteiger partial charge in [0.15, 0.2) is 0 Å². The first-order valence-electron chi connectivity index (χ1n) is 8.99. The van der Waals surface area contributed by atoms with Gasteiger partial charge in [-0.25, -0.2) is 4.39 Å². The van der Waals surface area contributed by atoms with E-state index in [1.54, 1.807) is 12.1 Å². The summed E-state index contributed by atoms with van der Waals surface area (Å²) < 4.78 is 15.3. The van der Waals surface area contributed by atoms with Crippen LogP contribution in [0.1, 0.15) is 5.56 Å². The van der Waals surface area contributed by atoms with Gasteiger partial charge < -0.3 is 9.88 Å². The second-order valence-corrected chi connectivity index (χ2v) is 7.48. The lowest BCUT2D eigenvalue weighted by Crippen LogP contribution is -2.13. The number of benzene rings is 3. The summed E-state index contributed by atoms with van der Waals surface area (Å²) in [7, 11) is 0. The highest BCUT2D eigenvalue weighted by molar-refractivity contribution is 8.00. The van der Waals surface area contributed by atoms with Crippen LogP contribution in [0.2, 0.25) is 0 Å². The summed E-state index contributed by atoms with van der Waals surface area (Å²) in [5.74, 6) is 0.0627. The van der Waals surface area contributed by atoms with E-state index in [2.05, 4.69) is 28.2 Å². The third-order valence-electron chi connectivity index (χ3n) is 4.43. The predicted molar refractivity (Wildman–Crippen MR) is 113 cm³/mol. The van der Waals surface area contributed by atoms with Gasteiger partial charge in [0.05, 0.1) is 5.75 Å². The van der Waals surface area contributed by atoms with Crippen LogP contribution in [0.15, 0.2) is 90.0 Å². The molecular formula is C23H19FN2OS. The van der Waals surface area contributed by atoms with Gasteiger partial charge in [0.1, 0.15) is 5.82 Å². The first kappa shape index (κ1) is 18.3. The van der Waals surface area contributed by atoms with Crippen molar-refractivity contribution in [3.8, 4) is 0 Å². The number of hydrogen-bond donors (Lipinski definition) is 1. The number of aromatic nitrogens is 1. The number of fused-ring (bicyclic) bond motifs is 1. The molecular weight excluding hydrogens is 371 g/mol. The Hall–Kier alpha value is -3.05. The van der Waals surface area contributed by atoms with Crippen molar-refractivity contribution in [2.24, 2.45) is 0 Å². The monoisotopic (exact) mass is 390 g/mol. The maximum atomic E-state index is 13.2. The smallest absolute Gasteiger partial charge is 0.234 e. The molecule has 3 nitrogen and oxygen atoms in total. The molecule has 140 valence electrons. The molecule has 1 amide bonds. The van der Waals surface area contributed by atoms with Crippen molar-refractivity contribution in [1.29, 1.82) is 0 Å². The first-order chi connectivity index (χ1) is 13.7. The number of anilines is 1. The normalized spacial score (nSPS) is 10.9. The average Bonchev–Trinajstić information content (AvgIpc) is 3.07. The molecule has 28 heavy (non-hydrogen) atoms. The molecule has 0 bridgehead atoms. The van der Waals surface area contributed by atoms with Crippen molar-refractivity contribution >= 4 is 34.3 Å². The number of para-hydroxylation sites is 2. The Labute approximate surface area is 167 Å².